The average Bonchev–Trinajstić information content (AvgIpc) is 2.48. The summed E-state index contributed by atoms with van der Waals surface area (Å²) in [5.41, 5.74) is 1.16. The Bertz CT molecular complexity index is 566. The molecule has 2 rings (SSSR count). The van der Waals surface area contributed by atoms with Crippen LogP contribution in [0.1, 0.15) is 12.0 Å². The van der Waals surface area contributed by atoms with Crippen LogP contribution in [0.4, 0.5) is 0 Å². The lowest BCUT2D eigenvalue weighted by molar-refractivity contribution is -0.136. The van der Waals surface area contributed by atoms with Gasteiger partial charge in [-0.3, -0.25) is 4.79 Å². The molecule has 0 aromatic heterocycles. The minimum atomic E-state index is -0.767. The van der Waals surface area contributed by atoms with E-state index in [1.807, 2.05) is 54.6 Å². The lowest BCUT2D eigenvalue weighted by Crippen LogP contribution is -2.13. The van der Waals surface area contributed by atoms with E-state index >= 15 is 0 Å². The van der Waals surface area contributed by atoms with Gasteiger partial charge in [0, 0.05) is 10.1 Å². The summed E-state index contributed by atoms with van der Waals surface area (Å²) in [6, 6.07) is 17.7. The molecule has 0 saturated heterocycles. The van der Waals surface area contributed by atoms with Crippen molar-refractivity contribution in [3.8, 4) is 5.75 Å². The van der Waals surface area contributed by atoms with E-state index in [1.165, 1.54) is 0 Å². The first-order chi connectivity index (χ1) is 10.2. The number of ether oxygens (including phenoxy) is 1. The summed E-state index contributed by atoms with van der Waals surface area (Å²) >= 11 is 1.59. The summed E-state index contributed by atoms with van der Waals surface area (Å²) in [7, 11) is 1.63. The van der Waals surface area contributed by atoms with Crippen LogP contribution in [0.2, 0.25) is 0 Å². The van der Waals surface area contributed by atoms with Gasteiger partial charge in [-0.1, -0.05) is 30.3 Å². The smallest absolute Gasteiger partial charge is 0.304 e. The van der Waals surface area contributed by atoms with Gasteiger partial charge >= 0.3 is 5.97 Å². The molecule has 0 aliphatic rings. The fraction of sp³-hybridized carbons (Fsp3) is 0.235. The van der Waals surface area contributed by atoms with Gasteiger partial charge in [0.2, 0.25) is 0 Å². The van der Waals surface area contributed by atoms with Gasteiger partial charge in [-0.25, -0.2) is 0 Å². The van der Waals surface area contributed by atoms with Crippen molar-refractivity contribution >= 4 is 17.7 Å². The molecule has 1 atom stereocenters. The molecule has 2 aromatic carbocycles. The van der Waals surface area contributed by atoms with E-state index in [0.29, 0.717) is 0 Å². The normalized spacial score (nSPS) is 11.9. The Morgan fingerprint density at radius 3 is 2.38 bits per heavy atom. The molecule has 0 aliphatic heterocycles. The van der Waals surface area contributed by atoms with E-state index in [0.717, 1.165) is 22.6 Å². The zero-order valence-corrected chi connectivity index (χ0v) is 12.7. The van der Waals surface area contributed by atoms with Crippen molar-refractivity contribution in [1.82, 2.24) is 0 Å². The molecule has 0 unspecified atom stereocenters. The predicted octanol–water partition coefficient (Wildman–Crippen LogP) is 3.87. The molecule has 1 N–H and O–H groups in total. The van der Waals surface area contributed by atoms with Gasteiger partial charge in [0.05, 0.1) is 13.5 Å². The molecule has 0 fully saturated rings. The molecule has 0 radical (unpaired) electrons. The fourth-order valence-electron chi connectivity index (χ4n) is 2.07. The number of carbonyl (C=O) groups is 1. The number of rotatable bonds is 7. The zero-order valence-electron chi connectivity index (χ0n) is 11.9. The molecular weight excluding hydrogens is 284 g/mol. The van der Waals surface area contributed by atoms with Gasteiger partial charge in [-0.05, 0) is 36.2 Å². The van der Waals surface area contributed by atoms with E-state index in [4.69, 9.17) is 9.84 Å². The maximum Gasteiger partial charge on any atom is 0.304 e. The summed E-state index contributed by atoms with van der Waals surface area (Å²) in [5, 5.41) is 9.10. The van der Waals surface area contributed by atoms with Gasteiger partial charge in [-0.2, -0.15) is 0 Å². The van der Waals surface area contributed by atoms with Gasteiger partial charge in [0.25, 0.3) is 0 Å². The van der Waals surface area contributed by atoms with Gasteiger partial charge < -0.3 is 9.84 Å². The van der Waals surface area contributed by atoms with Gasteiger partial charge in [0.15, 0.2) is 0 Å². The predicted molar refractivity (Wildman–Crippen MR) is 85.0 cm³/mol. The van der Waals surface area contributed by atoms with Crippen LogP contribution in [-0.4, -0.2) is 23.4 Å². The molecule has 4 heteroatoms. The third kappa shape index (κ3) is 5.16. The van der Waals surface area contributed by atoms with Gasteiger partial charge in [0.1, 0.15) is 5.75 Å². The van der Waals surface area contributed by atoms with Crippen molar-refractivity contribution in [2.24, 2.45) is 0 Å². The van der Waals surface area contributed by atoms with Crippen molar-refractivity contribution in [2.75, 3.05) is 7.11 Å². The van der Waals surface area contributed by atoms with Crippen molar-refractivity contribution in [3.63, 3.8) is 0 Å². The first-order valence-corrected chi connectivity index (χ1v) is 7.62. The first-order valence-electron chi connectivity index (χ1n) is 6.74. The van der Waals surface area contributed by atoms with Gasteiger partial charge in [-0.15, -0.1) is 11.8 Å². The second-order valence-electron chi connectivity index (χ2n) is 4.70. The molecule has 2 aromatic rings. The Morgan fingerprint density at radius 1 is 1.14 bits per heavy atom. The second-order valence-corrected chi connectivity index (χ2v) is 6.08. The Kier molecular flexibility index (Phi) is 5.69. The second kappa shape index (κ2) is 7.74. The summed E-state index contributed by atoms with van der Waals surface area (Å²) in [6.45, 7) is 0. The maximum atomic E-state index is 11.1. The topological polar surface area (TPSA) is 46.5 Å². The standard InChI is InChI=1S/C17H18O3S/c1-20-14-7-9-15(10-8-14)21-16(12-17(18)19)11-13-5-3-2-4-6-13/h2-10,16H,11-12H2,1H3,(H,18,19)/t16-/m1/s1. The van der Waals surface area contributed by atoms with Crippen molar-refractivity contribution in [2.45, 2.75) is 23.0 Å². The van der Waals surface area contributed by atoms with Crippen LogP contribution in [0.3, 0.4) is 0 Å². The third-order valence-electron chi connectivity index (χ3n) is 3.07. The highest BCUT2D eigenvalue weighted by Crippen LogP contribution is 2.29. The van der Waals surface area contributed by atoms with E-state index < -0.39 is 5.97 Å². The van der Waals surface area contributed by atoms with Crippen molar-refractivity contribution in [3.05, 3.63) is 60.2 Å². The van der Waals surface area contributed by atoms with Crippen LogP contribution < -0.4 is 4.74 Å². The SMILES string of the molecule is COc1ccc(S[C@@H](CC(=O)O)Cc2ccccc2)cc1. The molecule has 0 amide bonds. The molecule has 0 heterocycles. The number of thioether (sulfide) groups is 1. The van der Waals surface area contributed by atoms with Crippen molar-refractivity contribution < 1.29 is 14.6 Å². The fourth-order valence-corrected chi connectivity index (χ4v) is 3.25. The minimum absolute atomic E-state index is 0.0123. The number of aliphatic carboxylic acids is 1. The summed E-state index contributed by atoms with van der Waals surface area (Å²) in [4.78, 5) is 12.1. The molecule has 0 aliphatic carbocycles. The Morgan fingerprint density at radius 2 is 1.81 bits per heavy atom. The molecule has 0 bridgehead atoms. The van der Waals surface area contributed by atoms with Crippen LogP contribution >= 0.6 is 11.8 Å². The molecule has 0 spiro atoms. The number of carboxylic acid groups (broad SMARTS) is 1. The van der Waals surface area contributed by atoms with Crippen LogP contribution in [-0.2, 0) is 11.2 Å². The van der Waals surface area contributed by atoms with Crippen molar-refractivity contribution in [1.29, 1.82) is 0 Å². The molecule has 21 heavy (non-hydrogen) atoms. The van der Waals surface area contributed by atoms with E-state index in [9.17, 15) is 4.79 Å². The number of hydrogen-bond acceptors (Lipinski definition) is 3. The first kappa shape index (κ1) is 15.4. The van der Waals surface area contributed by atoms with E-state index in [2.05, 4.69) is 0 Å². The van der Waals surface area contributed by atoms with Crippen LogP contribution in [0.25, 0.3) is 0 Å². The largest absolute Gasteiger partial charge is 0.497 e. The Balaban J connectivity index is 2.06. The maximum absolute atomic E-state index is 11.1. The number of benzene rings is 2. The Labute approximate surface area is 129 Å². The molecule has 0 saturated carbocycles. The lowest BCUT2D eigenvalue weighted by Gasteiger charge is -2.15. The number of carboxylic acids is 1. The highest BCUT2D eigenvalue weighted by atomic mass is 32.2. The zero-order chi connectivity index (χ0) is 15.1. The van der Waals surface area contributed by atoms with Crippen LogP contribution in [0.15, 0.2) is 59.5 Å². The quantitative estimate of drug-likeness (QED) is 0.789. The average molecular weight is 302 g/mol. The Hall–Kier alpha value is -1.94. The molecule has 3 nitrogen and oxygen atoms in total. The molecular formula is C17H18O3S. The highest BCUT2D eigenvalue weighted by molar-refractivity contribution is 8.00. The monoisotopic (exact) mass is 302 g/mol. The van der Waals surface area contributed by atoms with Crippen LogP contribution in [0, 0.1) is 0 Å². The van der Waals surface area contributed by atoms with E-state index in [-0.39, 0.29) is 11.7 Å². The highest BCUT2D eigenvalue weighted by Gasteiger charge is 2.15. The summed E-state index contributed by atoms with van der Waals surface area (Å²) < 4.78 is 5.13. The lowest BCUT2D eigenvalue weighted by atomic mass is 10.1. The number of hydrogen-bond donors (Lipinski definition) is 1. The van der Waals surface area contributed by atoms with E-state index in [1.54, 1.807) is 18.9 Å². The third-order valence-corrected chi connectivity index (χ3v) is 4.28. The number of methoxy groups -OCH3 is 1. The van der Waals surface area contributed by atoms with Crippen LogP contribution in [0.5, 0.6) is 5.75 Å². The summed E-state index contributed by atoms with van der Waals surface area (Å²) in [6.07, 6.45) is 0.884. The minimum Gasteiger partial charge on any atom is -0.497 e. The molecule has 110 valence electrons. The summed E-state index contributed by atoms with van der Waals surface area (Å²) in [5.74, 6) is 0.0362.